The van der Waals surface area contributed by atoms with Gasteiger partial charge >= 0.3 is 0 Å². The predicted octanol–water partition coefficient (Wildman–Crippen LogP) is 3.93. The van der Waals surface area contributed by atoms with Gasteiger partial charge in [0.2, 0.25) is 0 Å². The first-order valence-electron chi connectivity index (χ1n) is 10.0. The minimum atomic E-state index is -0.144. The van der Waals surface area contributed by atoms with Crippen LogP contribution in [0.15, 0.2) is 65.4 Å². The number of hydrogen-bond acceptors (Lipinski definition) is 6. The summed E-state index contributed by atoms with van der Waals surface area (Å²) < 4.78 is 0. The van der Waals surface area contributed by atoms with Crippen molar-refractivity contribution in [3.05, 3.63) is 65.9 Å². The number of nitrogens with zero attached hydrogens (tertiary/aromatic N) is 5. The van der Waals surface area contributed by atoms with Gasteiger partial charge in [-0.25, -0.2) is 5.10 Å². The molecule has 8 nitrogen and oxygen atoms in total. The van der Waals surface area contributed by atoms with Crippen molar-refractivity contribution in [2.75, 3.05) is 10.3 Å². The van der Waals surface area contributed by atoms with Gasteiger partial charge in [-0.3, -0.25) is 4.79 Å². The minimum Gasteiger partial charge on any atom is -0.361 e. The van der Waals surface area contributed by atoms with E-state index in [0.29, 0.717) is 17.1 Å². The summed E-state index contributed by atoms with van der Waals surface area (Å²) in [4.78, 5) is 13.1. The Hall–Kier alpha value is -3.81. The van der Waals surface area contributed by atoms with Crippen molar-refractivity contribution in [1.29, 1.82) is 0 Å². The van der Waals surface area contributed by atoms with Gasteiger partial charge in [0.15, 0.2) is 5.82 Å². The first kappa shape index (κ1) is 19.5. The number of anilines is 2. The summed E-state index contributed by atoms with van der Waals surface area (Å²) in [6.45, 7) is 4.19. The Morgan fingerprint density at radius 2 is 1.90 bits per heavy atom. The predicted molar refractivity (Wildman–Crippen MR) is 117 cm³/mol. The number of para-hydroxylation sites is 1. The molecule has 4 rings (SSSR count). The highest BCUT2D eigenvalue weighted by Gasteiger charge is 2.30. The first-order valence-corrected chi connectivity index (χ1v) is 10.0. The lowest BCUT2D eigenvalue weighted by atomic mass is 10.1. The van der Waals surface area contributed by atoms with Crippen LogP contribution >= 0.6 is 0 Å². The molecule has 152 valence electrons. The fraction of sp³-hybridized carbons (Fsp3) is 0.227. The zero-order valence-corrected chi connectivity index (χ0v) is 17.0. The molecule has 1 aliphatic rings. The van der Waals surface area contributed by atoms with E-state index in [1.165, 1.54) is 10.6 Å². The Kier molecular flexibility index (Phi) is 5.65. The normalized spacial score (nSPS) is 15.0. The zero-order chi connectivity index (χ0) is 20.9. The number of aryl methyl sites for hydroxylation is 1. The van der Waals surface area contributed by atoms with E-state index in [9.17, 15) is 4.79 Å². The molecule has 0 atom stereocenters. The fourth-order valence-electron chi connectivity index (χ4n) is 3.36. The van der Waals surface area contributed by atoms with Crippen LogP contribution in [-0.4, -0.2) is 32.2 Å². The molecule has 2 aromatic carbocycles. The van der Waals surface area contributed by atoms with Gasteiger partial charge in [0, 0.05) is 17.5 Å². The Morgan fingerprint density at radius 1 is 1.10 bits per heavy atom. The molecule has 0 fully saturated rings. The molecule has 0 spiro atoms. The number of aromatic nitrogens is 4. The summed E-state index contributed by atoms with van der Waals surface area (Å²) in [5.41, 5.74) is 5.10. The highest BCUT2D eigenvalue weighted by Crippen LogP contribution is 2.27. The van der Waals surface area contributed by atoms with Crippen molar-refractivity contribution in [3.63, 3.8) is 0 Å². The van der Waals surface area contributed by atoms with Crippen molar-refractivity contribution in [1.82, 2.24) is 20.6 Å². The second kappa shape index (κ2) is 8.69. The molecule has 3 aromatic rings. The molecule has 30 heavy (non-hydrogen) atoms. The fourth-order valence-corrected chi connectivity index (χ4v) is 3.36. The van der Waals surface area contributed by atoms with Crippen LogP contribution in [0, 0.1) is 0 Å². The molecular weight excluding hydrogens is 378 g/mol. The zero-order valence-electron chi connectivity index (χ0n) is 17.0. The highest BCUT2D eigenvalue weighted by atomic mass is 16.2. The Labute approximate surface area is 174 Å². The third-order valence-electron chi connectivity index (χ3n) is 4.94. The van der Waals surface area contributed by atoms with Crippen LogP contribution in [0.2, 0.25) is 0 Å². The molecule has 1 amide bonds. The lowest BCUT2D eigenvalue weighted by molar-refractivity contribution is -0.114. The van der Waals surface area contributed by atoms with Crippen LogP contribution in [0.4, 0.5) is 11.4 Å². The van der Waals surface area contributed by atoms with Crippen LogP contribution in [0.3, 0.4) is 0 Å². The van der Waals surface area contributed by atoms with Crippen LogP contribution in [0.5, 0.6) is 0 Å². The van der Waals surface area contributed by atoms with Gasteiger partial charge in [-0.1, -0.05) is 38.5 Å². The van der Waals surface area contributed by atoms with Gasteiger partial charge in [-0.2, -0.15) is 10.1 Å². The van der Waals surface area contributed by atoms with Gasteiger partial charge in [-0.05, 0) is 59.2 Å². The molecule has 0 radical (unpaired) electrons. The van der Waals surface area contributed by atoms with Gasteiger partial charge in [-0.15, -0.1) is 5.10 Å². The minimum absolute atomic E-state index is 0.144. The SMILES string of the molecule is CCCC1=NN(c2ccc(-c3nnn[nH]3)cc2)C(=O)/C1=C\Nc1ccccc1CC. The van der Waals surface area contributed by atoms with E-state index >= 15 is 0 Å². The number of hydrazone groups is 1. The molecule has 1 aromatic heterocycles. The lowest BCUT2D eigenvalue weighted by Crippen LogP contribution is -2.22. The number of tetrazole rings is 1. The Bertz CT molecular complexity index is 1080. The number of carbonyl (C=O) groups excluding carboxylic acids is 1. The van der Waals surface area contributed by atoms with E-state index < -0.39 is 0 Å². The molecule has 0 unspecified atom stereocenters. The molecule has 0 saturated carbocycles. The number of hydrogen-bond donors (Lipinski definition) is 2. The summed E-state index contributed by atoms with van der Waals surface area (Å²) in [6, 6.07) is 15.5. The van der Waals surface area contributed by atoms with Crippen molar-refractivity contribution in [3.8, 4) is 11.4 Å². The number of rotatable bonds is 7. The molecule has 0 saturated heterocycles. The van der Waals surface area contributed by atoms with Crippen molar-refractivity contribution in [2.45, 2.75) is 33.1 Å². The maximum Gasteiger partial charge on any atom is 0.282 e. The Balaban J connectivity index is 1.59. The second-order valence-electron chi connectivity index (χ2n) is 6.92. The van der Waals surface area contributed by atoms with Gasteiger partial charge < -0.3 is 5.32 Å². The monoisotopic (exact) mass is 401 g/mol. The molecule has 0 bridgehead atoms. The van der Waals surface area contributed by atoms with E-state index in [4.69, 9.17) is 0 Å². The molecule has 8 heteroatoms. The second-order valence-corrected chi connectivity index (χ2v) is 6.92. The average molecular weight is 401 g/mol. The van der Waals surface area contributed by atoms with E-state index in [1.54, 1.807) is 6.20 Å². The summed E-state index contributed by atoms with van der Waals surface area (Å²) >= 11 is 0. The highest BCUT2D eigenvalue weighted by molar-refractivity contribution is 6.30. The number of amides is 1. The van der Waals surface area contributed by atoms with Gasteiger partial charge in [0.1, 0.15) is 0 Å². The quantitative estimate of drug-likeness (QED) is 0.585. The van der Waals surface area contributed by atoms with E-state index in [0.717, 1.165) is 36.2 Å². The number of benzene rings is 2. The number of H-pyrrole nitrogens is 1. The van der Waals surface area contributed by atoms with Crippen molar-refractivity contribution >= 4 is 23.0 Å². The number of aromatic amines is 1. The third kappa shape index (κ3) is 3.84. The molecule has 2 N–H and O–H groups in total. The summed E-state index contributed by atoms with van der Waals surface area (Å²) in [7, 11) is 0. The van der Waals surface area contributed by atoms with E-state index in [2.05, 4.69) is 51.0 Å². The van der Waals surface area contributed by atoms with E-state index in [-0.39, 0.29) is 5.91 Å². The van der Waals surface area contributed by atoms with Crippen molar-refractivity contribution in [2.24, 2.45) is 5.10 Å². The standard InChI is InChI=1S/C22H23N7O/c1-3-7-20-18(14-23-19-9-6-5-8-15(19)4-2)22(30)29(26-20)17-12-10-16(11-13-17)21-24-27-28-25-21/h5-6,8-14,23H,3-4,7H2,1-2H3,(H,24,25,27,28)/b18-14-. The van der Waals surface area contributed by atoms with Crippen molar-refractivity contribution < 1.29 is 4.79 Å². The smallest absolute Gasteiger partial charge is 0.282 e. The van der Waals surface area contributed by atoms with Crippen LogP contribution in [-0.2, 0) is 11.2 Å². The summed E-state index contributed by atoms with van der Waals surface area (Å²) in [5, 5.41) is 23.2. The molecule has 2 heterocycles. The average Bonchev–Trinajstić information content (AvgIpc) is 3.42. The van der Waals surface area contributed by atoms with Crippen LogP contribution in [0.1, 0.15) is 32.3 Å². The Morgan fingerprint density at radius 3 is 2.60 bits per heavy atom. The van der Waals surface area contributed by atoms with Crippen LogP contribution in [0.25, 0.3) is 11.4 Å². The topological polar surface area (TPSA) is 99.2 Å². The summed E-state index contributed by atoms with van der Waals surface area (Å²) in [6.07, 6.45) is 4.32. The molecule has 1 aliphatic heterocycles. The summed E-state index contributed by atoms with van der Waals surface area (Å²) in [5.74, 6) is 0.429. The van der Waals surface area contributed by atoms with Gasteiger partial charge in [0.05, 0.1) is 17.0 Å². The maximum absolute atomic E-state index is 13.1. The van der Waals surface area contributed by atoms with E-state index in [1.807, 2.05) is 42.5 Å². The first-order chi connectivity index (χ1) is 14.7. The van der Waals surface area contributed by atoms with Gasteiger partial charge in [0.25, 0.3) is 5.91 Å². The van der Waals surface area contributed by atoms with Crippen LogP contribution < -0.4 is 10.3 Å². The number of nitrogens with one attached hydrogen (secondary N) is 2. The molecular formula is C22H23N7O. The third-order valence-corrected chi connectivity index (χ3v) is 4.94. The largest absolute Gasteiger partial charge is 0.361 e. The molecule has 0 aliphatic carbocycles. The lowest BCUT2D eigenvalue weighted by Gasteiger charge is -2.12. The number of carbonyl (C=O) groups is 1. The maximum atomic E-state index is 13.1.